The van der Waals surface area contributed by atoms with E-state index in [0.717, 1.165) is 70.8 Å². The first-order chi connectivity index (χ1) is 14.0. The third-order valence-corrected chi connectivity index (χ3v) is 6.93. The van der Waals surface area contributed by atoms with Gasteiger partial charge in [0.2, 0.25) is 0 Å². The van der Waals surface area contributed by atoms with Crippen molar-refractivity contribution in [3.8, 4) is 10.6 Å². The number of carbonyl (C=O) groups is 1. The molecule has 0 atom stereocenters. The summed E-state index contributed by atoms with van der Waals surface area (Å²) in [4.78, 5) is 29.6. The van der Waals surface area contributed by atoms with E-state index in [1.807, 2.05) is 43.3 Å². The molecular formula is C21H26N6OS. The minimum Gasteiger partial charge on any atom is -0.338 e. The summed E-state index contributed by atoms with van der Waals surface area (Å²) in [6.45, 7) is 10.2. The van der Waals surface area contributed by atoms with E-state index in [2.05, 4.69) is 15.1 Å². The number of hydrogen-bond donors (Lipinski definition) is 0. The number of nitrogens with zero attached hydrogens (tertiary/aromatic N) is 6. The second-order valence-corrected chi connectivity index (χ2v) is 8.51. The predicted molar refractivity (Wildman–Crippen MR) is 113 cm³/mol. The van der Waals surface area contributed by atoms with Crippen LogP contribution in [0.15, 0.2) is 18.5 Å². The quantitative estimate of drug-likeness (QED) is 0.654. The van der Waals surface area contributed by atoms with Crippen molar-refractivity contribution in [3.05, 3.63) is 46.2 Å². The van der Waals surface area contributed by atoms with Crippen molar-refractivity contribution in [3.63, 3.8) is 0 Å². The Morgan fingerprint density at radius 1 is 1.21 bits per heavy atom. The molecule has 0 N–H and O–H groups in total. The van der Waals surface area contributed by atoms with Gasteiger partial charge in [-0.25, -0.2) is 15.0 Å². The summed E-state index contributed by atoms with van der Waals surface area (Å²) in [5.41, 5.74) is 3.62. The molecule has 4 rings (SSSR count). The largest absolute Gasteiger partial charge is 0.338 e. The molecule has 3 aromatic heterocycles. The Kier molecular flexibility index (Phi) is 5.45. The van der Waals surface area contributed by atoms with Crippen molar-refractivity contribution in [2.75, 3.05) is 13.1 Å². The van der Waals surface area contributed by atoms with E-state index in [0.29, 0.717) is 5.92 Å². The van der Waals surface area contributed by atoms with Crippen LogP contribution in [0.1, 0.15) is 58.3 Å². The van der Waals surface area contributed by atoms with Crippen LogP contribution in [0.3, 0.4) is 0 Å². The van der Waals surface area contributed by atoms with E-state index in [4.69, 9.17) is 4.98 Å². The van der Waals surface area contributed by atoms with Crippen LogP contribution in [-0.4, -0.2) is 48.6 Å². The number of aromatic nitrogens is 5. The zero-order chi connectivity index (χ0) is 20.5. The molecule has 0 saturated carbocycles. The Labute approximate surface area is 174 Å². The Morgan fingerprint density at radius 3 is 2.62 bits per heavy atom. The SMILES string of the molecule is CCn1ncc(C(=O)N2CCC(c3nc(C)c(-c4ccnc(C)n4)s3)CC2)c1C. The lowest BCUT2D eigenvalue weighted by molar-refractivity contribution is 0.0712. The van der Waals surface area contributed by atoms with Gasteiger partial charge in [-0.3, -0.25) is 9.48 Å². The summed E-state index contributed by atoms with van der Waals surface area (Å²) >= 11 is 1.72. The van der Waals surface area contributed by atoms with Crippen LogP contribution in [0.2, 0.25) is 0 Å². The fourth-order valence-corrected chi connectivity index (χ4v) is 5.09. The summed E-state index contributed by atoms with van der Waals surface area (Å²) in [5, 5.41) is 5.46. The molecule has 1 amide bonds. The third-order valence-electron chi connectivity index (χ3n) is 5.59. The number of aryl methyl sites for hydroxylation is 3. The lowest BCUT2D eigenvalue weighted by Crippen LogP contribution is -2.38. The number of rotatable bonds is 4. The van der Waals surface area contributed by atoms with Crippen LogP contribution >= 0.6 is 11.3 Å². The fourth-order valence-electron chi connectivity index (χ4n) is 3.89. The molecule has 1 aliphatic heterocycles. The molecule has 152 valence electrons. The maximum atomic E-state index is 12.9. The summed E-state index contributed by atoms with van der Waals surface area (Å²) in [5.74, 6) is 1.25. The summed E-state index contributed by atoms with van der Waals surface area (Å²) in [7, 11) is 0. The molecule has 0 aliphatic carbocycles. The molecule has 29 heavy (non-hydrogen) atoms. The Morgan fingerprint density at radius 2 is 1.97 bits per heavy atom. The molecule has 1 saturated heterocycles. The Balaban J connectivity index is 1.45. The van der Waals surface area contributed by atoms with Gasteiger partial charge in [-0.2, -0.15) is 5.10 Å². The molecule has 8 heteroatoms. The number of likely N-dealkylation sites (tertiary alicyclic amines) is 1. The number of hydrogen-bond acceptors (Lipinski definition) is 6. The Bertz CT molecular complexity index is 1030. The third kappa shape index (κ3) is 3.81. The minimum absolute atomic E-state index is 0.0909. The van der Waals surface area contributed by atoms with Crippen LogP contribution in [0, 0.1) is 20.8 Å². The fraction of sp³-hybridized carbons (Fsp3) is 0.476. The first-order valence-electron chi connectivity index (χ1n) is 10.1. The van der Waals surface area contributed by atoms with Gasteiger partial charge in [0.1, 0.15) is 5.82 Å². The zero-order valence-corrected chi connectivity index (χ0v) is 18.2. The zero-order valence-electron chi connectivity index (χ0n) is 17.3. The van der Waals surface area contributed by atoms with E-state index >= 15 is 0 Å². The van der Waals surface area contributed by atoms with Crippen molar-refractivity contribution in [1.82, 2.24) is 29.6 Å². The second kappa shape index (κ2) is 8.02. The maximum Gasteiger partial charge on any atom is 0.257 e. The first-order valence-corrected chi connectivity index (χ1v) is 10.9. The van der Waals surface area contributed by atoms with E-state index in [1.165, 1.54) is 0 Å². The molecule has 0 unspecified atom stereocenters. The van der Waals surface area contributed by atoms with E-state index in [1.54, 1.807) is 23.7 Å². The van der Waals surface area contributed by atoms with E-state index < -0.39 is 0 Å². The van der Waals surface area contributed by atoms with Gasteiger partial charge < -0.3 is 4.90 Å². The predicted octanol–water partition coefficient (Wildman–Crippen LogP) is 3.76. The van der Waals surface area contributed by atoms with Gasteiger partial charge in [0.25, 0.3) is 5.91 Å². The summed E-state index contributed by atoms with van der Waals surface area (Å²) in [6.07, 6.45) is 5.36. The number of amides is 1. The van der Waals surface area contributed by atoms with Crippen molar-refractivity contribution in [2.45, 2.75) is 53.0 Å². The van der Waals surface area contributed by atoms with Gasteiger partial charge in [0.05, 0.1) is 33.0 Å². The van der Waals surface area contributed by atoms with Crippen LogP contribution in [0.25, 0.3) is 10.6 Å². The van der Waals surface area contributed by atoms with Crippen LogP contribution in [0.5, 0.6) is 0 Å². The normalized spacial score (nSPS) is 15.1. The molecule has 7 nitrogen and oxygen atoms in total. The van der Waals surface area contributed by atoms with Crippen LogP contribution < -0.4 is 0 Å². The first kappa shape index (κ1) is 19.7. The lowest BCUT2D eigenvalue weighted by atomic mass is 9.97. The Hall–Kier alpha value is -2.61. The highest BCUT2D eigenvalue weighted by atomic mass is 32.1. The van der Waals surface area contributed by atoms with Gasteiger partial charge in [-0.1, -0.05) is 0 Å². The van der Waals surface area contributed by atoms with Gasteiger partial charge >= 0.3 is 0 Å². The number of carbonyl (C=O) groups excluding carboxylic acids is 1. The maximum absolute atomic E-state index is 12.9. The van der Waals surface area contributed by atoms with Crippen LogP contribution in [0.4, 0.5) is 0 Å². The second-order valence-electron chi connectivity index (χ2n) is 7.48. The molecule has 0 spiro atoms. The average Bonchev–Trinajstić information content (AvgIpc) is 3.30. The average molecular weight is 411 g/mol. The highest BCUT2D eigenvalue weighted by Crippen LogP contribution is 2.36. The molecular weight excluding hydrogens is 384 g/mol. The molecule has 0 radical (unpaired) electrons. The van der Waals surface area contributed by atoms with Gasteiger partial charge in [0, 0.05) is 37.4 Å². The van der Waals surface area contributed by atoms with Gasteiger partial charge in [-0.05, 0) is 46.6 Å². The number of piperidine rings is 1. The van der Waals surface area contributed by atoms with Crippen LogP contribution in [-0.2, 0) is 6.54 Å². The molecule has 1 fully saturated rings. The highest BCUT2D eigenvalue weighted by molar-refractivity contribution is 7.15. The standard InChI is InChI=1S/C21H26N6OS/c1-5-27-14(3)17(12-23-27)21(28)26-10-7-16(8-11-26)20-24-13(2)19(29-20)18-6-9-22-15(4)25-18/h6,9,12,16H,5,7-8,10-11H2,1-4H3. The molecule has 4 heterocycles. The molecule has 0 aromatic carbocycles. The summed E-state index contributed by atoms with van der Waals surface area (Å²) in [6, 6.07) is 1.94. The smallest absolute Gasteiger partial charge is 0.257 e. The lowest BCUT2D eigenvalue weighted by Gasteiger charge is -2.31. The van der Waals surface area contributed by atoms with Crippen molar-refractivity contribution >= 4 is 17.2 Å². The molecule has 0 bridgehead atoms. The van der Waals surface area contributed by atoms with E-state index in [-0.39, 0.29) is 5.91 Å². The topological polar surface area (TPSA) is 76.8 Å². The van der Waals surface area contributed by atoms with Crippen molar-refractivity contribution in [2.24, 2.45) is 0 Å². The van der Waals surface area contributed by atoms with Gasteiger partial charge in [0.15, 0.2) is 0 Å². The summed E-state index contributed by atoms with van der Waals surface area (Å²) < 4.78 is 1.87. The van der Waals surface area contributed by atoms with Gasteiger partial charge in [-0.15, -0.1) is 11.3 Å². The monoisotopic (exact) mass is 410 g/mol. The molecule has 3 aromatic rings. The highest BCUT2D eigenvalue weighted by Gasteiger charge is 2.28. The van der Waals surface area contributed by atoms with Crippen molar-refractivity contribution < 1.29 is 4.79 Å². The minimum atomic E-state index is 0.0909. The van der Waals surface area contributed by atoms with E-state index in [9.17, 15) is 4.79 Å². The van der Waals surface area contributed by atoms with Crippen molar-refractivity contribution in [1.29, 1.82) is 0 Å². The number of thiazole rings is 1. The molecule has 1 aliphatic rings.